The Kier molecular flexibility index (Phi) is 7.67. The number of carbonyl (C=O) groups excluding carboxylic acids is 5. The zero-order chi connectivity index (χ0) is 31.3. The molecule has 2 unspecified atom stereocenters. The third kappa shape index (κ3) is 4.58. The highest BCUT2D eigenvalue weighted by Crippen LogP contribution is 2.56. The van der Waals surface area contributed by atoms with E-state index in [4.69, 9.17) is 0 Å². The maximum atomic E-state index is 14.3. The van der Waals surface area contributed by atoms with E-state index >= 15 is 0 Å². The number of phenols is 1. The summed E-state index contributed by atoms with van der Waals surface area (Å²) >= 11 is 2.07. The number of Topliss-reactive ketones (excluding diaryl/α,β-unsaturated/α-hetero) is 4. The standard InChI is InChI=1S/C30H39IN2O8/c1-11-14-13(31)10-12(28(2,3)4)21(34)16(14)22(35)17-15(11)23(36)19-20(33(8)9)24(37)18(27(40)32-29(5,6)7)26(39)30(19,41)25(17)38/h10-11,15,17-20,23,34,36,41H,1-9H3,(H,32,40)/t11-,15+,17?,18?,19+,20-,23-,30-/m0/s1. The monoisotopic (exact) mass is 682 g/mol. The molecule has 3 aliphatic carbocycles. The number of likely N-dealkylation sites (N-methyl/N-ethyl adjacent to an activating group) is 1. The molecule has 224 valence electrons. The number of ketones is 4. The van der Waals surface area contributed by atoms with Crippen LogP contribution in [0.3, 0.4) is 0 Å². The minimum absolute atomic E-state index is 0.0660. The van der Waals surface area contributed by atoms with Gasteiger partial charge >= 0.3 is 0 Å². The van der Waals surface area contributed by atoms with Gasteiger partial charge in [0.2, 0.25) is 5.91 Å². The molecule has 11 heteroatoms. The average molecular weight is 683 g/mol. The van der Waals surface area contributed by atoms with Crippen LogP contribution in [0, 0.1) is 27.2 Å². The van der Waals surface area contributed by atoms with Crippen molar-refractivity contribution in [3.8, 4) is 5.75 Å². The fourth-order valence-electron chi connectivity index (χ4n) is 7.07. The van der Waals surface area contributed by atoms with E-state index in [1.54, 1.807) is 33.8 Å². The number of hydrogen-bond acceptors (Lipinski definition) is 9. The van der Waals surface area contributed by atoms with Gasteiger partial charge in [0.25, 0.3) is 0 Å². The molecule has 0 saturated heterocycles. The number of aromatic hydroxyl groups is 1. The molecule has 3 aliphatic rings. The van der Waals surface area contributed by atoms with Crippen LogP contribution in [0.5, 0.6) is 5.75 Å². The maximum absolute atomic E-state index is 14.3. The Balaban J connectivity index is 1.95. The van der Waals surface area contributed by atoms with Gasteiger partial charge in [0.15, 0.2) is 34.7 Å². The summed E-state index contributed by atoms with van der Waals surface area (Å²) in [5.41, 5.74) is -3.47. The fourth-order valence-corrected chi connectivity index (χ4v) is 8.14. The summed E-state index contributed by atoms with van der Waals surface area (Å²) in [5.74, 6) is -12.4. The molecule has 0 bridgehead atoms. The SMILES string of the molecule is C[C@H]1c2c(I)cc(C(C)(C)C)c(O)c2C(=O)C2C(=O)[C@]3(O)C(=O)C(C(=O)NC(C)(C)C)C(=O)[C@@H](N(C)C)[C@@H]3[C@@H](O)[C@@H]21. The first-order valence-electron chi connectivity index (χ1n) is 13.7. The Labute approximate surface area is 253 Å². The lowest BCUT2D eigenvalue weighted by Crippen LogP contribution is -2.78. The molecule has 0 aromatic heterocycles. The molecule has 1 amide bonds. The topological polar surface area (TPSA) is 161 Å². The number of aliphatic hydroxyl groups is 2. The normalized spacial score (nSPS) is 33.8. The van der Waals surface area contributed by atoms with Gasteiger partial charge in [0.1, 0.15) is 5.75 Å². The van der Waals surface area contributed by atoms with Crippen molar-refractivity contribution in [1.29, 1.82) is 0 Å². The quantitative estimate of drug-likeness (QED) is 0.269. The van der Waals surface area contributed by atoms with Gasteiger partial charge in [0, 0.05) is 20.6 Å². The van der Waals surface area contributed by atoms with E-state index in [1.165, 1.54) is 19.0 Å². The summed E-state index contributed by atoms with van der Waals surface area (Å²) in [4.78, 5) is 70.7. The van der Waals surface area contributed by atoms with Crippen molar-refractivity contribution in [2.75, 3.05) is 14.1 Å². The zero-order valence-corrected chi connectivity index (χ0v) is 27.0. The van der Waals surface area contributed by atoms with Crippen LogP contribution in [0.4, 0.5) is 0 Å². The van der Waals surface area contributed by atoms with Crippen molar-refractivity contribution < 1.29 is 39.3 Å². The van der Waals surface area contributed by atoms with Gasteiger partial charge in [-0.2, -0.15) is 0 Å². The number of nitrogens with zero attached hydrogens (tertiary/aromatic N) is 1. The van der Waals surface area contributed by atoms with Crippen molar-refractivity contribution >= 4 is 51.6 Å². The predicted molar refractivity (Wildman–Crippen MR) is 158 cm³/mol. The maximum Gasteiger partial charge on any atom is 0.238 e. The van der Waals surface area contributed by atoms with Crippen molar-refractivity contribution in [3.05, 3.63) is 26.3 Å². The van der Waals surface area contributed by atoms with Crippen LogP contribution in [-0.4, -0.2) is 86.6 Å². The molecule has 4 rings (SSSR count). The summed E-state index contributed by atoms with van der Waals surface area (Å²) < 4.78 is 0.666. The number of halogens is 1. The van der Waals surface area contributed by atoms with Crippen molar-refractivity contribution in [3.63, 3.8) is 0 Å². The highest BCUT2D eigenvalue weighted by molar-refractivity contribution is 14.1. The minimum atomic E-state index is -2.99. The summed E-state index contributed by atoms with van der Waals surface area (Å²) in [6.07, 6.45) is -1.64. The summed E-state index contributed by atoms with van der Waals surface area (Å²) in [7, 11) is 3.00. The van der Waals surface area contributed by atoms with E-state index < -0.39 is 87.3 Å². The average Bonchev–Trinajstić information content (AvgIpc) is 2.80. The molecule has 0 spiro atoms. The Bertz CT molecular complexity index is 1370. The number of amides is 1. The van der Waals surface area contributed by atoms with Crippen molar-refractivity contribution in [2.24, 2.45) is 23.7 Å². The summed E-state index contributed by atoms with van der Waals surface area (Å²) in [5, 5.41) is 37.8. The van der Waals surface area contributed by atoms with Gasteiger partial charge in [-0.1, -0.05) is 27.7 Å². The number of phenolic OH excluding ortho intramolecular Hbond substituents is 1. The number of rotatable bonds is 2. The van der Waals surface area contributed by atoms with Gasteiger partial charge in [0.05, 0.1) is 29.5 Å². The van der Waals surface area contributed by atoms with E-state index in [-0.39, 0.29) is 11.3 Å². The van der Waals surface area contributed by atoms with Crippen LogP contribution in [-0.2, 0) is 24.6 Å². The van der Waals surface area contributed by atoms with Crippen molar-refractivity contribution in [1.82, 2.24) is 10.2 Å². The summed E-state index contributed by atoms with van der Waals surface area (Å²) in [6.45, 7) is 12.3. The third-order valence-electron chi connectivity index (χ3n) is 8.82. The third-order valence-corrected chi connectivity index (χ3v) is 9.71. The largest absolute Gasteiger partial charge is 0.507 e. The van der Waals surface area contributed by atoms with E-state index in [2.05, 4.69) is 27.9 Å². The molecule has 10 nitrogen and oxygen atoms in total. The molecule has 1 aromatic rings. The van der Waals surface area contributed by atoms with Crippen LogP contribution >= 0.6 is 22.6 Å². The number of carbonyl (C=O) groups is 5. The van der Waals surface area contributed by atoms with Crippen LogP contribution in [0.25, 0.3) is 0 Å². The van der Waals surface area contributed by atoms with Gasteiger partial charge in [-0.05, 0) is 80.4 Å². The first-order valence-corrected chi connectivity index (χ1v) is 14.8. The number of fused-ring (bicyclic) bond motifs is 3. The first kappa shape index (κ1) is 31.7. The Morgan fingerprint density at radius 1 is 1.05 bits per heavy atom. The molecular weight excluding hydrogens is 643 g/mol. The Morgan fingerprint density at radius 2 is 1.61 bits per heavy atom. The van der Waals surface area contributed by atoms with Crippen LogP contribution in [0.15, 0.2) is 6.07 Å². The van der Waals surface area contributed by atoms with Crippen molar-refractivity contribution in [2.45, 2.75) is 83.1 Å². The second-order valence-corrected chi connectivity index (χ2v) is 15.2. The second kappa shape index (κ2) is 9.92. The highest BCUT2D eigenvalue weighted by atomic mass is 127. The van der Waals surface area contributed by atoms with Gasteiger partial charge in [-0.15, -0.1) is 0 Å². The second-order valence-electron chi connectivity index (χ2n) is 14.0. The van der Waals surface area contributed by atoms with Gasteiger partial charge in [-0.25, -0.2) is 0 Å². The number of benzene rings is 1. The lowest BCUT2D eigenvalue weighted by Gasteiger charge is -2.56. The van der Waals surface area contributed by atoms with E-state index in [9.17, 15) is 39.3 Å². The molecule has 41 heavy (non-hydrogen) atoms. The Morgan fingerprint density at radius 3 is 2.10 bits per heavy atom. The van der Waals surface area contributed by atoms with E-state index in [0.29, 0.717) is 14.7 Å². The molecular formula is C30H39IN2O8. The molecule has 2 saturated carbocycles. The minimum Gasteiger partial charge on any atom is -0.507 e. The van der Waals surface area contributed by atoms with E-state index in [1.807, 2.05) is 20.8 Å². The molecule has 0 heterocycles. The van der Waals surface area contributed by atoms with Gasteiger partial charge < -0.3 is 20.6 Å². The number of aliphatic hydroxyl groups excluding tert-OH is 1. The Hall–Kier alpha value is -2.22. The van der Waals surface area contributed by atoms with Crippen LogP contribution < -0.4 is 5.32 Å². The smallest absolute Gasteiger partial charge is 0.238 e. The predicted octanol–water partition coefficient (Wildman–Crippen LogP) is 1.73. The zero-order valence-electron chi connectivity index (χ0n) is 24.8. The van der Waals surface area contributed by atoms with Crippen LogP contribution in [0.2, 0.25) is 0 Å². The molecule has 1 aromatic carbocycles. The number of hydrogen-bond donors (Lipinski definition) is 4. The van der Waals surface area contributed by atoms with E-state index in [0.717, 1.165) is 0 Å². The van der Waals surface area contributed by atoms with Crippen LogP contribution in [0.1, 0.15) is 75.9 Å². The lowest BCUT2D eigenvalue weighted by molar-refractivity contribution is -0.197. The molecule has 2 fully saturated rings. The highest BCUT2D eigenvalue weighted by Gasteiger charge is 2.73. The first-order chi connectivity index (χ1) is 18.6. The molecule has 0 aliphatic heterocycles. The fraction of sp³-hybridized carbons (Fsp3) is 0.633. The molecule has 0 radical (unpaired) electrons. The number of nitrogens with one attached hydrogen (secondary N) is 1. The van der Waals surface area contributed by atoms with Gasteiger partial charge in [-0.3, -0.25) is 28.9 Å². The summed E-state index contributed by atoms with van der Waals surface area (Å²) in [6, 6.07) is 0.411. The molecule has 8 atom stereocenters. The lowest BCUT2D eigenvalue weighted by atomic mass is 9.49. The molecule has 4 N–H and O–H groups in total.